The van der Waals surface area contributed by atoms with Gasteiger partial charge in [-0.1, -0.05) is 42.5 Å². The third-order valence-electron chi connectivity index (χ3n) is 4.81. The van der Waals surface area contributed by atoms with Crippen LogP contribution in [0.1, 0.15) is 39.0 Å². The van der Waals surface area contributed by atoms with Crippen LogP contribution in [0.4, 0.5) is 5.69 Å². The fourth-order valence-corrected chi connectivity index (χ4v) is 3.57. The molecule has 5 heteroatoms. The first-order valence-electron chi connectivity index (χ1n) is 9.26. The fourth-order valence-electron chi connectivity index (χ4n) is 3.57. The second-order valence-electron chi connectivity index (χ2n) is 6.53. The molecule has 0 aliphatic rings. The van der Waals surface area contributed by atoms with Gasteiger partial charge in [-0.05, 0) is 37.8 Å². The Morgan fingerprint density at radius 2 is 1.86 bits per heavy atom. The number of amides is 1. The van der Waals surface area contributed by atoms with Crippen LogP contribution in [-0.4, -0.2) is 23.1 Å². The van der Waals surface area contributed by atoms with Crippen molar-refractivity contribution in [3.8, 4) is 0 Å². The minimum Gasteiger partial charge on any atom is -0.461 e. The maximum atomic E-state index is 13.1. The number of hydrogen-bond donors (Lipinski definition) is 1. The Labute approximate surface area is 164 Å². The topological polar surface area (TPSA) is 60.3 Å². The van der Waals surface area contributed by atoms with Gasteiger partial charge in [0.1, 0.15) is 5.69 Å². The van der Waals surface area contributed by atoms with Gasteiger partial charge in [0.25, 0.3) is 5.91 Å². The van der Waals surface area contributed by atoms with E-state index in [-0.39, 0.29) is 12.5 Å². The van der Waals surface area contributed by atoms with Gasteiger partial charge in [-0.2, -0.15) is 0 Å². The number of nitrogens with one attached hydrogen (secondary N) is 1. The first-order valence-corrected chi connectivity index (χ1v) is 9.26. The van der Waals surface area contributed by atoms with E-state index in [4.69, 9.17) is 4.74 Å². The van der Waals surface area contributed by atoms with Crippen molar-refractivity contribution in [2.75, 3.05) is 11.9 Å². The lowest BCUT2D eigenvalue weighted by Crippen LogP contribution is -2.14. The van der Waals surface area contributed by atoms with Crippen LogP contribution in [-0.2, 0) is 11.3 Å². The number of fused-ring (bicyclic) bond motifs is 1. The molecule has 3 aromatic rings. The summed E-state index contributed by atoms with van der Waals surface area (Å²) in [7, 11) is 0. The van der Waals surface area contributed by atoms with Gasteiger partial charge < -0.3 is 14.6 Å². The molecule has 2 aromatic carbocycles. The van der Waals surface area contributed by atoms with E-state index < -0.39 is 5.97 Å². The van der Waals surface area contributed by atoms with Gasteiger partial charge in [0.05, 0.1) is 12.2 Å². The predicted molar refractivity (Wildman–Crippen MR) is 112 cm³/mol. The van der Waals surface area contributed by atoms with Gasteiger partial charge in [-0.3, -0.25) is 4.79 Å². The smallest absolute Gasteiger partial charge is 0.355 e. The van der Waals surface area contributed by atoms with E-state index in [0.29, 0.717) is 29.1 Å². The Morgan fingerprint density at radius 1 is 1.14 bits per heavy atom. The Morgan fingerprint density at radius 3 is 2.57 bits per heavy atom. The molecule has 144 valence electrons. The molecule has 0 unspecified atom stereocenters. The minimum atomic E-state index is -0.436. The van der Waals surface area contributed by atoms with Crippen molar-refractivity contribution < 1.29 is 14.3 Å². The lowest BCUT2D eigenvalue weighted by molar-refractivity contribution is 0.0513. The maximum Gasteiger partial charge on any atom is 0.355 e. The molecule has 5 nitrogen and oxygen atoms in total. The van der Waals surface area contributed by atoms with Crippen LogP contribution in [0.5, 0.6) is 0 Å². The van der Waals surface area contributed by atoms with E-state index in [1.807, 2.05) is 49.4 Å². The Hall–Kier alpha value is -3.34. The second kappa shape index (κ2) is 8.13. The van der Waals surface area contributed by atoms with Crippen LogP contribution in [0.25, 0.3) is 10.8 Å². The lowest BCUT2D eigenvalue weighted by Gasteiger charge is -2.10. The number of esters is 1. The number of carbonyl (C=O) groups is 2. The fraction of sp³-hybridized carbons (Fsp3) is 0.217. The maximum absolute atomic E-state index is 13.1. The molecule has 1 amide bonds. The standard InChI is InChI=1S/C23H24N2O3/c1-5-14-25-16(4)20(15(3)21(25)23(27)28-6-2)22(26)24-19-13-9-11-17-10-7-8-12-18(17)19/h5,7-13H,1,6,14H2,2-4H3,(H,24,26). The van der Waals surface area contributed by atoms with Crippen molar-refractivity contribution in [1.29, 1.82) is 0 Å². The zero-order chi connectivity index (χ0) is 20.3. The van der Waals surface area contributed by atoms with Gasteiger partial charge in [0.2, 0.25) is 0 Å². The number of allylic oxidation sites excluding steroid dienone is 1. The molecular weight excluding hydrogens is 352 g/mol. The lowest BCUT2D eigenvalue weighted by atomic mass is 10.1. The molecule has 0 fully saturated rings. The molecule has 0 spiro atoms. The van der Waals surface area contributed by atoms with Crippen LogP contribution in [0.2, 0.25) is 0 Å². The summed E-state index contributed by atoms with van der Waals surface area (Å²) in [6.45, 7) is 9.81. The molecule has 0 atom stereocenters. The molecule has 28 heavy (non-hydrogen) atoms. The number of aromatic nitrogens is 1. The zero-order valence-electron chi connectivity index (χ0n) is 16.4. The summed E-state index contributed by atoms with van der Waals surface area (Å²) in [6.07, 6.45) is 1.70. The highest BCUT2D eigenvalue weighted by molar-refractivity contribution is 6.11. The number of anilines is 1. The molecule has 1 aromatic heterocycles. The summed E-state index contributed by atoms with van der Waals surface area (Å²) < 4.78 is 6.97. The van der Waals surface area contributed by atoms with Crippen LogP contribution >= 0.6 is 0 Å². The number of carbonyl (C=O) groups excluding carboxylic acids is 2. The molecule has 0 bridgehead atoms. The molecule has 0 aliphatic heterocycles. The first kappa shape index (κ1) is 19.4. The van der Waals surface area contributed by atoms with Crippen LogP contribution in [0.15, 0.2) is 55.1 Å². The normalized spacial score (nSPS) is 10.7. The molecule has 1 heterocycles. The molecule has 3 rings (SSSR count). The number of ether oxygens (including phenoxy) is 1. The largest absolute Gasteiger partial charge is 0.461 e. The van der Waals surface area contributed by atoms with E-state index in [2.05, 4.69) is 11.9 Å². The Balaban J connectivity index is 2.05. The van der Waals surface area contributed by atoms with Crippen molar-refractivity contribution in [1.82, 2.24) is 4.57 Å². The minimum absolute atomic E-state index is 0.250. The summed E-state index contributed by atoms with van der Waals surface area (Å²) in [6, 6.07) is 13.7. The second-order valence-corrected chi connectivity index (χ2v) is 6.53. The van der Waals surface area contributed by atoms with Crippen molar-refractivity contribution >= 4 is 28.3 Å². The predicted octanol–water partition coefficient (Wildman–Crippen LogP) is 4.87. The SMILES string of the molecule is C=CCn1c(C)c(C(=O)Nc2cccc3ccccc23)c(C)c1C(=O)OCC. The summed E-state index contributed by atoms with van der Waals surface area (Å²) in [5, 5.41) is 5.02. The van der Waals surface area contributed by atoms with E-state index >= 15 is 0 Å². The highest BCUT2D eigenvalue weighted by Crippen LogP contribution is 2.27. The average molecular weight is 376 g/mol. The molecule has 0 aliphatic carbocycles. The molecule has 0 saturated carbocycles. The number of benzene rings is 2. The van der Waals surface area contributed by atoms with Crippen LogP contribution in [0, 0.1) is 13.8 Å². The molecule has 0 radical (unpaired) electrons. The molecule has 1 N–H and O–H groups in total. The highest BCUT2D eigenvalue weighted by Gasteiger charge is 2.27. The van der Waals surface area contributed by atoms with Crippen molar-refractivity contribution in [3.63, 3.8) is 0 Å². The number of nitrogens with zero attached hydrogens (tertiary/aromatic N) is 1. The number of hydrogen-bond acceptors (Lipinski definition) is 3. The summed E-state index contributed by atoms with van der Waals surface area (Å²) in [4.78, 5) is 25.6. The van der Waals surface area contributed by atoms with E-state index in [0.717, 1.165) is 16.5 Å². The van der Waals surface area contributed by atoms with Gasteiger partial charge in [-0.15, -0.1) is 6.58 Å². The third kappa shape index (κ3) is 3.43. The van der Waals surface area contributed by atoms with E-state index in [1.165, 1.54) is 0 Å². The Bertz CT molecular complexity index is 1060. The summed E-state index contributed by atoms with van der Waals surface area (Å²) in [5.74, 6) is -0.686. The number of rotatable bonds is 6. The quantitative estimate of drug-likeness (QED) is 0.493. The van der Waals surface area contributed by atoms with Crippen LogP contribution < -0.4 is 5.32 Å². The van der Waals surface area contributed by atoms with Gasteiger partial charge >= 0.3 is 5.97 Å². The summed E-state index contributed by atoms with van der Waals surface area (Å²) >= 11 is 0. The highest BCUT2D eigenvalue weighted by atomic mass is 16.5. The first-order chi connectivity index (χ1) is 13.5. The monoisotopic (exact) mass is 376 g/mol. The zero-order valence-corrected chi connectivity index (χ0v) is 16.4. The van der Waals surface area contributed by atoms with Crippen molar-refractivity contribution in [2.45, 2.75) is 27.3 Å². The summed E-state index contributed by atoms with van der Waals surface area (Å²) in [5.41, 5.74) is 2.92. The van der Waals surface area contributed by atoms with Gasteiger partial charge in [-0.25, -0.2) is 4.79 Å². The molecule has 0 saturated heterocycles. The molecular formula is C23H24N2O3. The van der Waals surface area contributed by atoms with Crippen molar-refractivity contribution in [3.05, 3.63) is 77.6 Å². The van der Waals surface area contributed by atoms with Gasteiger partial charge in [0.15, 0.2) is 0 Å². The van der Waals surface area contributed by atoms with Crippen molar-refractivity contribution in [2.24, 2.45) is 0 Å². The average Bonchev–Trinajstić information content (AvgIpc) is 2.92. The van der Waals surface area contributed by atoms with E-state index in [9.17, 15) is 9.59 Å². The Kier molecular flexibility index (Phi) is 5.64. The van der Waals surface area contributed by atoms with Crippen LogP contribution in [0.3, 0.4) is 0 Å². The third-order valence-corrected chi connectivity index (χ3v) is 4.81. The van der Waals surface area contributed by atoms with Gasteiger partial charge in [0, 0.05) is 23.3 Å². The van der Waals surface area contributed by atoms with E-state index in [1.54, 1.807) is 24.5 Å².